The average molecular weight is 339 g/mol. The van der Waals surface area contributed by atoms with Crippen molar-refractivity contribution in [3.63, 3.8) is 0 Å². The highest BCUT2D eigenvalue weighted by atomic mass is 35.5. The minimum absolute atomic E-state index is 0.115. The standard InChI is InChI=1S/C8H11Cl3NO3PS/c1-13-16(14-2,17-3)15-8-6(10)4-5(9)7(11)12-8/h4,17H,1-3H3. The zero-order valence-corrected chi connectivity index (χ0v) is 13.3. The first-order valence-corrected chi connectivity index (χ1v) is 9.03. The van der Waals surface area contributed by atoms with Gasteiger partial charge in [-0.25, -0.2) is 0 Å². The highest BCUT2D eigenvalue weighted by Crippen LogP contribution is 2.51. The summed E-state index contributed by atoms with van der Waals surface area (Å²) < 4.78 is 16.1. The zero-order valence-electron chi connectivity index (χ0n) is 9.28. The van der Waals surface area contributed by atoms with Crippen LogP contribution in [0.25, 0.3) is 0 Å². The Balaban J connectivity index is 3.15. The SMILES string of the molecule is COP(OC)(Oc1nc(Cl)c(Cl)cc1Cl)=[SH]C. The summed E-state index contributed by atoms with van der Waals surface area (Å²) >= 11 is 17.5. The van der Waals surface area contributed by atoms with Crippen molar-refractivity contribution in [3.8, 4) is 5.88 Å². The Morgan fingerprint density at radius 2 is 1.76 bits per heavy atom. The summed E-state index contributed by atoms with van der Waals surface area (Å²) in [6.45, 7) is -2.50. The predicted octanol–water partition coefficient (Wildman–Crippen LogP) is 3.84. The maximum atomic E-state index is 5.95. The van der Waals surface area contributed by atoms with Gasteiger partial charge in [0, 0.05) is 14.2 Å². The van der Waals surface area contributed by atoms with E-state index < -0.39 is 6.72 Å². The molecule has 0 aliphatic rings. The monoisotopic (exact) mass is 337 g/mol. The van der Waals surface area contributed by atoms with Gasteiger partial charge in [0.15, 0.2) is 5.15 Å². The van der Waals surface area contributed by atoms with Crippen molar-refractivity contribution in [1.82, 2.24) is 4.98 Å². The van der Waals surface area contributed by atoms with Crippen LogP contribution in [-0.4, -0.2) is 25.5 Å². The highest BCUT2D eigenvalue weighted by Gasteiger charge is 2.21. The van der Waals surface area contributed by atoms with E-state index in [0.717, 1.165) is 10.9 Å². The molecule has 0 saturated heterocycles. The van der Waals surface area contributed by atoms with Crippen LogP contribution in [0.15, 0.2) is 6.07 Å². The third kappa shape index (κ3) is 3.74. The van der Waals surface area contributed by atoms with Gasteiger partial charge in [-0.3, -0.25) is 0 Å². The summed E-state index contributed by atoms with van der Waals surface area (Å²) in [5, 5.41) is 0.627. The zero-order chi connectivity index (χ0) is 13.1. The molecular formula is C8H11Cl3NO3PS. The lowest BCUT2D eigenvalue weighted by atomic mass is 10.5. The molecule has 17 heavy (non-hydrogen) atoms. The molecule has 1 heterocycles. The van der Waals surface area contributed by atoms with Gasteiger partial charge in [-0.05, 0) is 12.3 Å². The summed E-state index contributed by atoms with van der Waals surface area (Å²) in [7, 11) is 3.80. The Bertz CT molecular complexity index is 464. The Hall–Kier alpha value is 0.520. The lowest BCUT2D eigenvalue weighted by Crippen LogP contribution is -2.01. The molecule has 1 aromatic heterocycles. The second-order valence-electron chi connectivity index (χ2n) is 2.67. The number of thiol groups is 1. The third-order valence-electron chi connectivity index (χ3n) is 1.76. The van der Waals surface area contributed by atoms with Gasteiger partial charge < -0.3 is 13.6 Å². The minimum atomic E-state index is -2.50. The van der Waals surface area contributed by atoms with Crippen LogP contribution in [0.2, 0.25) is 15.2 Å². The molecule has 0 fully saturated rings. The van der Waals surface area contributed by atoms with Crippen molar-refractivity contribution in [3.05, 3.63) is 21.3 Å². The van der Waals surface area contributed by atoms with E-state index in [9.17, 15) is 0 Å². The lowest BCUT2D eigenvalue weighted by molar-refractivity contribution is 0.270. The van der Waals surface area contributed by atoms with Crippen LogP contribution < -0.4 is 4.52 Å². The van der Waals surface area contributed by atoms with Gasteiger partial charge in [-0.1, -0.05) is 34.8 Å². The number of aromatic nitrogens is 1. The van der Waals surface area contributed by atoms with Crippen molar-refractivity contribution in [1.29, 1.82) is 0 Å². The fourth-order valence-electron chi connectivity index (χ4n) is 0.955. The highest BCUT2D eigenvalue weighted by molar-refractivity contribution is 8.17. The number of halogens is 3. The van der Waals surface area contributed by atoms with E-state index in [1.54, 1.807) is 0 Å². The molecule has 0 spiro atoms. The normalized spacial score (nSPS) is 11.6. The van der Waals surface area contributed by atoms with E-state index in [0.29, 0.717) is 0 Å². The summed E-state index contributed by atoms with van der Waals surface area (Å²) in [6.07, 6.45) is 1.85. The molecule has 0 aliphatic carbocycles. The molecular weight excluding hydrogens is 327 g/mol. The van der Waals surface area contributed by atoms with Crippen molar-refractivity contribution in [2.24, 2.45) is 0 Å². The molecule has 0 atom stereocenters. The molecule has 0 N–H and O–H groups in total. The van der Waals surface area contributed by atoms with Gasteiger partial charge in [0.05, 0.1) is 5.02 Å². The van der Waals surface area contributed by atoms with Crippen molar-refractivity contribution in [2.75, 3.05) is 20.5 Å². The molecule has 1 aromatic rings. The van der Waals surface area contributed by atoms with E-state index in [2.05, 4.69) is 4.98 Å². The molecule has 0 unspecified atom stereocenters. The third-order valence-corrected chi connectivity index (χ3v) is 7.22. The van der Waals surface area contributed by atoms with Crippen LogP contribution in [-0.2, 0) is 20.0 Å². The maximum Gasteiger partial charge on any atom is 0.335 e. The van der Waals surface area contributed by atoms with Gasteiger partial charge in [0.25, 0.3) is 0 Å². The molecule has 98 valence electrons. The number of nitrogens with zero attached hydrogens (tertiary/aromatic N) is 1. The van der Waals surface area contributed by atoms with Crippen molar-refractivity contribution >= 4 is 52.5 Å². The molecule has 0 saturated carbocycles. The first-order chi connectivity index (χ1) is 7.98. The maximum absolute atomic E-state index is 5.95. The fraction of sp³-hybridized carbons (Fsp3) is 0.375. The molecule has 0 radical (unpaired) electrons. The van der Waals surface area contributed by atoms with Crippen LogP contribution in [0.1, 0.15) is 0 Å². The largest absolute Gasteiger partial charge is 0.408 e. The predicted molar refractivity (Wildman–Crippen MR) is 75.5 cm³/mol. The molecule has 9 heteroatoms. The van der Waals surface area contributed by atoms with Gasteiger partial charge >= 0.3 is 6.72 Å². The summed E-state index contributed by atoms with van der Waals surface area (Å²) in [6, 6.07) is 1.46. The Morgan fingerprint density at radius 3 is 2.24 bits per heavy atom. The smallest absolute Gasteiger partial charge is 0.335 e. The molecule has 4 nitrogen and oxygen atoms in total. The van der Waals surface area contributed by atoms with E-state index >= 15 is 0 Å². The molecule has 0 bridgehead atoms. The minimum Gasteiger partial charge on any atom is -0.408 e. The Kier molecular flexibility index (Phi) is 6.06. The van der Waals surface area contributed by atoms with Crippen LogP contribution in [0.3, 0.4) is 0 Å². The van der Waals surface area contributed by atoms with Crippen LogP contribution in [0.5, 0.6) is 5.88 Å². The van der Waals surface area contributed by atoms with Crippen LogP contribution in [0.4, 0.5) is 0 Å². The van der Waals surface area contributed by atoms with Gasteiger partial charge in [-0.2, -0.15) is 4.98 Å². The van der Waals surface area contributed by atoms with Gasteiger partial charge in [0.2, 0.25) is 5.88 Å². The molecule has 0 amide bonds. The number of pyridine rings is 1. The van der Waals surface area contributed by atoms with E-state index in [4.69, 9.17) is 48.4 Å². The van der Waals surface area contributed by atoms with Crippen molar-refractivity contribution in [2.45, 2.75) is 0 Å². The quantitative estimate of drug-likeness (QED) is 0.514. The first kappa shape index (κ1) is 15.6. The van der Waals surface area contributed by atoms with E-state index in [-0.39, 0.29) is 21.1 Å². The summed E-state index contributed by atoms with van der Waals surface area (Å²) in [5.41, 5.74) is 0. The second kappa shape index (κ2) is 6.62. The number of hydrogen-bond donors (Lipinski definition) is 1. The topological polar surface area (TPSA) is 40.6 Å². The average Bonchev–Trinajstić information content (AvgIpc) is 2.33. The Labute approximate surface area is 118 Å². The van der Waals surface area contributed by atoms with Gasteiger partial charge in [0.1, 0.15) is 5.02 Å². The Morgan fingerprint density at radius 1 is 1.18 bits per heavy atom. The number of hydrogen-bond acceptors (Lipinski definition) is 4. The molecule has 1 rings (SSSR count). The van der Waals surface area contributed by atoms with E-state index in [1.807, 2.05) is 6.26 Å². The van der Waals surface area contributed by atoms with Crippen LogP contribution in [0, 0.1) is 0 Å². The molecule has 0 aromatic carbocycles. The van der Waals surface area contributed by atoms with Crippen molar-refractivity contribution < 1.29 is 13.6 Å². The second-order valence-corrected chi connectivity index (χ2v) is 8.77. The van der Waals surface area contributed by atoms with E-state index in [1.165, 1.54) is 20.3 Å². The lowest BCUT2D eigenvalue weighted by Gasteiger charge is -2.21. The summed E-state index contributed by atoms with van der Waals surface area (Å²) in [4.78, 5) is 3.94. The first-order valence-electron chi connectivity index (χ1n) is 4.31. The van der Waals surface area contributed by atoms with Crippen LogP contribution >= 0.6 is 41.5 Å². The number of rotatable bonds is 4. The van der Waals surface area contributed by atoms with Gasteiger partial charge in [-0.15, -0.1) is 10.9 Å². The fourth-order valence-corrected chi connectivity index (χ4v) is 4.06. The summed E-state index contributed by atoms with van der Waals surface area (Å²) in [5.74, 6) is 0.146. The molecule has 0 aliphatic heterocycles.